The lowest BCUT2D eigenvalue weighted by molar-refractivity contribution is 0.423. The standard InChI is InChI=1S/C15H15BrF3NS/c1-2-7-20-12(8-9-3-6-13(16)21-9)10-4-5-11(17)15(19)14(10)18/h3-6,12,20H,2,7-8H2,1H3. The molecule has 0 spiro atoms. The molecule has 0 saturated carbocycles. The fourth-order valence-corrected chi connectivity index (χ4v) is 3.61. The van der Waals surface area contributed by atoms with Gasteiger partial charge in [-0.1, -0.05) is 13.0 Å². The predicted molar refractivity (Wildman–Crippen MR) is 83.1 cm³/mol. The van der Waals surface area contributed by atoms with Crippen LogP contribution in [-0.4, -0.2) is 6.54 Å². The van der Waals surface area contributed by atoms with Crippen molar-refractivity contribution < 1.29 is 13.2 Å². The number of hydrogen-bond acceptors (Lipinski definition) is 2. The molecule has 0 fully saturated rings. The second-order valence-electron chi connectivity index (χ2n) is 4.68. The Balaban J connectivity index is 2.29. The zero-order valence-electron chi connectivity index (χ0n) is 11.4. The van der Waals surface area contributed by atoms with Gasteiger partial charge in [-0.15, -0.1) is 11.3 Å². The summed E-state index contributed by atoms with van der Waals surface area (Å²) in [4.78, 5) is 1.04. The lowest BCUT2D eigenvalue weighted by Crippen LogP contribution is -2.25. The van der Waals surface area contributed by atoms with Crippen LogP contribution in [0.25, 0.3) is 0 Å². The van der Waals surface area contributed by atoms with E-state index in [1.54, 1.807) is 11.3 Å². The van der Waals surface area contributed by atoms with Crippen LogP contribution in [0.2, 0.25) is 0 Å². The van der Waals surface area contributed by atoms with Crippen molar-refractivity contribution in [1.29, 1.82) is 0 Å². The number of hydrogen-bond donors (Lipinski definition) is 1. The molecule has 1 atom stereocenters. The maximum atomic E-state index is 14.0. The summed E-state index contributed by atoms with van der Waals surface area (Å²) in [5.41, 5.74) is 0.159. The summed E-state index contributed by atoms with van der Waals surface area (Å²) in [5.74, 6) is -3.69. The third kappa shape index (κ3) is 4.08. The van der Waals surface area contributed by atoms with Gasteiger partial charge in [-0.2, -0.15) is 0 Å². The minimum Gasteiger partial charge on any atom is -0.310 e. The highest BCUT2D eigenvalue weighted by atomic mass is 79.9. The van der Waals surface area contributed by atoms with Crippen molar-refractivity contribution in [1.82, 2.24) is 5.32 Å². The number of thiophene rings is 1. The van der Waals surface area contributed by atoms with Crippen LogP contribution in [0.4, 0.5) is 13.2 Å². The van der Waals surface area contributed by atoms with E-state index < -0.39 is 17.5 Å². The molecular formula is C15H15BrF3NS. The van der Waals surface area contributed by atoms with Gasteiger partial charge in [0.25, 0.3) is 0 Å². The summed E-state index contributed by atoms with van der Waals surface area (Å²) in [6.45, 7) is 2.67. The van der Waals surface area contributed by atoms with Gasteiger partial charge in [0.15, 0.2) is 17.5 Å². The van der Waals surface area contributed by atoms with Gasteiger partial charge in [-0.3, -0.25) is 0 Å². The largest absolute Gasteiger partial charge is 0.310 e. The van der Waals surface area contributed by atoms with E-state index in [0.29, 0.717) is 13.0 Å². The van der Waals surface area contributed by atoms with Gasteiger partial charge < -0.3 is 5.32 Å². The highest BCUT2D eigenvalue weighted by molar-refractivity contribution is 9.11. The van der Waals surface area contributed by atoms with Crippen LogP contribution < -0.4 is 5.32 Å². The summed E-state index contributed by atoms with van der Waals surface area (Å²) in [6.07, 6.45) is 1.40. The van der Waals surface area contributed by atoms with Crippen LogP contribution in [0.5, 0.6) is 0 Å². The van der Waals surface area contributed by atoms with Crippen LogP contribution in [0.3, 0.4) is 0 Å². The highest BCUT2D eigenvalue weighted by Crippen LogP contribution is 2.29. The average molecular weight is 378 g/mol. The van der Waals surface area contributed by atoms with Crippen molar-refractivity contribution in [2.75, 3.05) is 6.54 Å². The Labute approximate surface area is 134 Å². The van der Waals surface area contributed by atoms with Gasteiger partial charge in [0.1, 0.15) is 0 Å². The van der Waals surface area contributed by atoms with Gasteiger partial charge >= 0.3 is 0 Å². The molecule has 1 aromatic carbocycles. The Morgan fingerprint density at radius 2 is 1.90 bits per heavy atom. The van der Waals surface area contributed by atoms with E-state index in [0.717, 1.165) is 21.2 Å². The summed E-state index contributed by atoms with van der Waals surface area (Å²) >= 11 is 4.92. The second-order valence-corrected chi connectivity index (χ2v) is 7.23. The van der Waals surface area contributed by atoms with Crippen LogP contribution >= 0.6 is 27.3 Å². The molecule has 2 rings (SSSR count). The first-order valence-corrected chi connectivity index (χ1v) is 8.24. The van der Waals surface area contributed by atoms with Crippen LogP contribution in [0.15, 0.2) is 28.1 Å². The lowest BCUT2D eigenvalue weighted by Gasteiger charge is -2.19. The normalized spacial score (nSPS) is 12.6. The Hall–Kier alpha value is -0.850. The van der Waals surface area contributed by atoms with E-state index in [2.05, 4.69) is 21.2 Å². The molecule has 0 aliphatic rings. The number of nitrogens with one attached hydrogen (secondary N) is 1. The molecule has 1 heterocycles. The highest BCUT2D eigenvalue weighted by Gasteiger charge is 2.21. The molecule has 0 aliphatic carbocycles. The maximum absolute atomic E-state index is 14.0. The van der Waals surface area contributed by atoms with Crippen molar-refractivity contribution in [3.8, 4) is 0 Å². The summed E-state index contributed by atoms with van der Waals surface area (Å²) in [5, 5.41) is 3.19. The summed E-state index contributed by atoms with van der Waals surface area (Å²) < 4.78 is 41.5. The van der Waals surface area contributed by atoms with Gasteiger partial charge in [0, 0.05) is 22.9 Å². The molecule has 0 bridgehead atoms. The molecule has 0 radical (unpaired) electrons. The minimum atomic E-state index is -1.41. The zero-order chi connectivity index (χ0) is 15.4. The van der Waals surface area contributed by atoms with Crippen LogP contribution in [0.1, 0.15) is 29.8 Å². The van der Waals surface area contributed by atoms with E-state index in [-0.39, 0.29) is 11.6 Å². The number of halogens is 4. The molecule has 0 saturated heterocycles. The summed E-state index contributed by atoms with van der Waals surface area (Å²) in [6, 6.07) is 5.75. The monoisotopic (exact) mass is 377 g/mol. The van der Waals surface area contributed by atoms with Crippen molar-refractivity contribution in [2.24, 2.45) is 0 Å². The van der Waals surface area contributed by atoms with E-state index in [9.17, 15) is 13.2 Å². The van der Waals surface area contributed by atoms with Gasteiger partial charge in [0.2, 0.25) is 0 Å². The Morgan fingerprint density at radius 3 is 2.52 bits per heavy atom. The minimum absolute atomic E-state index is 0.159. The average Bonchev–Trinajstić information content (AvgIpc) is 2.87. The molecular weight excluding hydrogens is 363 g/mol. The first-order valence-electron chi connectivity index (χ1n) is 6.64. The second kappa shape index (κ2) is 7.42. The smallest absolute Gasteiger partial charge is 0.194 e. The molecule has 6 heteroatoms. The molecule has 0 aliphatic heterocycles. The van der Waals surface area contributed by atoms with Crippen molar-refractivity contribution in [2.45, 2.75) is 25.8 Å². The SMILES string of the molecule is CCCNC(Cc1ccc(Br)s1)c1ccc(F)c(F)c1F. The summed E-state index contributed by atoms with van der Waals surface area (Å²) in [7, 11) is 0. The Kier molecular flexibility index (Phi) is 5.84. The van der Waals surface area contributed by atoms with E-state index in [1.807, 2.05) is 19.1 Å². The lowest BCUT2D eigenvalue weighted by atomic mass is 10.0. The van der Waals surface area contributed by atoms with Crippen molar-refractivity contribution in [3.05, 3.63) is 55.9 Å². The molecule has 1 nitrogen and oxygen atoms in total. The van der Waals surface area contributed by atoms with E-state index >= 15 is 0 Å². The van der Waals surface area contributed by atoms with Crippen molar-refractivity contribution in [3.63, 3.8) is 0 Å². The molecule has 114 valence electrons. The molecule has 1 aromatic heterocycles. The van der Waals surface area contributed by atoms with E-state index in [1.165, 1.54) is 6.07 Å². The number of rotatable bonds is 6. The quantitative estimate of drug-likeness (QED) is 0.681. The molecule has 21 heavy (non-hydrogen) atoms. The van der Waals surface area contributed by atoms with Crippen LogP contribution in [-0.2, 0) is 6.42 Å². The van der Waals surface area contributed by atoms with Gasteiger partial charge in [0.05, 0.1) is 3.79 Å². The van der Waals surface area contributed by atoms with Crippen molar-refractivity contribution >= 4 is 27.3 Å². The van der Waals surface area contributed by atoms with E-state index in [4.69, 9.17) is 0 Å². The van der Waals surface area contributed by atoms with Gasteiger partial charge in [-0.25, -0.2) is 13.2 Å². The fraction of sp³-hybridized carbons (Fsp3) is 0.333. The van der Waals surface area contributed by atoms with Crippen LogP contribution in [0, 0.1) is 17.5 Å². The topological polar surface area (TPSA) is 12.0 Å². The Morgan fingerprint density at radius 1 is 1.14 bits per heavy atom. The fourth-order valence-electron chi connectivity index (χ4n) is 2.08. The van der Waals surface area contributed by atoms with Gasteiger partial charge in [-0.05, 0) is 47.1 Å². The zero-order valence-corrected chi connectivity index (χ0v) is 13.8. The molecule has 1 N–H and O–H groups in total. The maximum Gasteiger partial charge on any atom is 0.194 e. The molecule has 2 aromatic rings. The number of benzene rings is 1. The first kappa shape index (κ1) is 16.5. The molecule has 0 amide bonds. The Bertz CT molecular complexity index is 615. The predicted octanol–water partition coefficient (Wildman–Crippen LogP) is 5.21. The first-order chi connectivity index (χ1) is 10.0. The third-order valence-electron chi connectivity index (χ3n) is 3.12. The molecule has 1 unspecified atom stereocenters. The third-order valence-corrected chi connectivity index (χ3v) is 4.76.